The molecule has 1 amide bonds. The van der Waals surface area contributed by atoms with Crippen molar-refractivity contribution in [1.82, 2.24) is 5.32 Å². The molecule has 1 aromatic carbocycles. The van der Waals surface area contributed by atoms with E-state index in [1.165, 1.54) is 37.5 Å². The van der Waals surface area contributed by atoms with Crippen molar-refractivity contribution in [3.05, 3.63) is 44.6 Å². The summed E-state index contributed by atoms with van der Waals surface area (Å²) in [6.07, 6.45) is 0.792. The Balaban J connectivity index is 2.00. The number of halogens is 1. The van der Waals surface area contributed by atoms with E-state index in [1.54, 1.807) is 12.1 Å². The largest absolute Gasteiger partial charge is 0.493 e. The summed E-state index contributed by atoms with van der Waals surface area (Å²) in [6.45, 7) is 3.77. The highest BCUT2D eigenvalue weighted by atomic mass is 35.5. The van der Waals surface area contributed by atoms with Crippen LogP contribution in [0.4, 0.5) is 0 Å². The van der Waals surface area contributed by atoms with Crippen molar-refractivity contribution in [1.29, 1.82) is 0 Å². The molecule has 0 aliphatic carbocycles. The number of benzene rings is 1. The van der Waals surface area contributed by atoms with Crippen LogP contribution in [0.5, 0.6) is 11.5 Å². The molecule has 29 heavy (non-hydrogen) atoms. The Morgan fingerprint density at radius 2 is 1.97 bits per heavy atom. The molecule has 2 rings (SSSR count). The Hall–Kier alpha value is -2.58. The minimum atomic E-state index is -0.699. The van der Waals surface area contributed by atoms with Crippen molar-refractivity contribution in [3.8, 4) is 11.5 Å². The lowest BCUT2D eigenvalue weighted by Crippen LogP contribution is -2.18. The van der Waals surface area contributed by atoms with Crippen molar-refractivity contribution in [2.45, 2.75) is 26.8 Å². The predicted octanol–water partition coefficient (Wildman–Crippen LogP) is 3.87. The van der Waals surface area contributed by atoms with E-state index in [2.05, 4.69) is 5.32 Å². The molecule has 0 saturated heterocycles. The molecule has 0 aliphatic heterocycles. The molecule has 0 bridgehead atoms. The highest BCUT2D eigenvalue weighted by Crippen LogP contribution is 2.36. The van der Waals surface area contributed by atoms with Gasteiger partial charge in [0.2, 0.25) is 11.7 Å². The van der Waals surface area contributed by atoms with Crippen molar-refractivity contribution in [2.24, 2.45) is 0 Å². The second kappa shape index (κ2) is 10.8. The van der Waals surface area contributed by atoms with Crippen LogP contribution in [-0.2, 0) is 16.1 Å². The first kappa shape index (κ1) is 22.7. The van der Waals surface area contributed by atoms with E-state index < -0.39 is 12.6 Å². The number of amides is 1. The van der Waals surface area contributed by atoms with Crippen molar-refractivity contribution < 1.29 is 28.6 Å². The predicted molar refractivity (Wildman–Crippen MR) is 110 cm³/mol. The van der Waals surface area contributed by atoms with Gasteiger partial charge in [-0.25, -0.2) is 4.79 Å². The molecule has 0 spiro atoms. The van der Waals surface area contributed by atoms with E-state index in [0.717, 1.165) is 11.3 Å². The smallest absolute Gasteiger partial charge is 0.338 e. The third kappa shape index (κ3) is 6.47. The van der Waals surface area contributed by atoms with E-state index in [9.17, 15) is 14.4 Å². The molecule has 0 unspecified atom stereocenters. The first-order chi connectivity index (χ1) is 13.8. The Labute approximate surface area is 177 Å². The lowest BCUT2D eigenvalue weighted by molar-refractivity contribution is -0.119. The molecule has 9 heteroatoms. The summed E-state index contributed by atoms with van der Waals surface area (Å²) in [6, 6.07) is 6.26. The fourth-order valence-corrected chi connectivity index (χ4v) is 3.44. The topological polar surface area (TPSA) is 90.9 Å². The van der Waals surface area contributed by atoms with E-state index in [1.807, 2.05) is 6.92 Å². The molecule has 156 valence electrons. The monoisotopic (exact) mass is 439 g/mol. The standard InChI is InChI=1S/C20H22ClNO6S/c1-4-7-27-19-15(21)8-13(9-17(19)26-3)20(25)28-11-16(24)18-6-5-14(29-18)10-22-12(2)23/h5-6,8-9H,4,7,10-11H2,1-3H3,(H,22,23). The van der Waals surface area contributed by atoms with Crippen LogP contribution in [0.15, 0.2) is 24.3 Å². The quantitative estimate of drug-likeness (QED) is 0.446. The maximum absolute atomic E-state index is 12.3. The average molecular weight is 440 g/mol. The molecule has 0 atom stereocenters. The third-order valence-electron chi connectivity index (χ3n) is 3.70. The van der Waals surface area contributed by atoms with Crippen LogP contribution in [-0.4, -0.2) is 38.0 Å². The molecule has 0 radical (unpaired) electrons. The number of ketones is 1. The van der Waals surface area contributed by atoms with Crippen LogP contribution in [0.3, 0.4) is 0 Å². The minimum Gasteiger partial charge on any atom is -0.493 e. The first-order valence-corrected chi connectivity index (χ1v) is 10.1. The van der Waals surface area contributed by atoms with Crippen molar-refractivity contribution in [3.63, 3.8) is 0 Å². The number of nitrogens with one attached hydrogen (secondary N) is 1. The number of carbonyl (C=O) groups excluding carboxylic acids is 3. The van der Waals surface area contributed by atoms with Gasteiger partial charge >= 0.3 is 5.97 Å². The van der Waals surface area contributed by atoms with Crippen LogP contribution >= 0.6 is 22.9 Å². The van der Waals surface area contributed by atoms with Gasteiger partial charge < -0.3 is 19.5 Å². The summed E-state index contributed by atoms with van der Waals surface area (Å²) in [4.78, 5) is 36.8. The molecule has 0 saturated carbocycles. The van der Waals surface area contributed by atoms with Crippen LogP contribution in [0.2, 0.25) is 5.02 Å². The van der Waals surface area contributed by atoms with Gasteiger partial charge in [-0.1, -0.05) is 18.5 Å². The van der Waals surface area contributed by atoms with Crippen molar-refractivity contribution >= 4 is 40.6 Å². The lowest BCUT2D eigenvalue weighted by atomic mass is 10.2. The average Bonchev–Trinajstić information content (AvgIpc) is 3.18. The van der Waals surface area contributed by atoms with Gasteiger partial charge in [0.25, 0.3) is 0 Å². The van der Waals surface area contributed by atoms with E-state index >= 15 is 0 Å². The summed E-state index contributed by atoms with van der Waals surface area (Å²) in [5.41, 5.74) is 0.154. The van der Waals surface area contributed by atoms with Crippen LogP contribution in [0.25, 0.3) is 0 Å². The van der Waals surface area contributed by atoms with Crippen molar-refractivity contribution in [2.75, 3.05) is 20.3 Å². The van der Waals surface area contributed by atoms with E-state index in [0.29, 0.717) is 29.5 Å². The number of ether oxygens (including phenoxy) is 3. The fraction of sp³-hybridized carbons (Fsp3) is 0.350. The van der Waals surface area contributed by atoms with Crippen LogP contribution in [0.1, 0.15) is 45.2 Å². The normalized spacial score (nSPS) is 10.3. The zero-order chi connectivity index (χ0) is 21.4. The Bertz CT molecular complexity index is 895. The number of carbonyl (C=O) groups is 3. The molecule has 1 N–H and O–H groups in total. The fourth-order valence-electron chi connectivity index (χ4n) is 2.30. The van der Waals surface area contributed by atoms with Gasteiger partial charge in [-0.3, -0.25) is 9.59 Å². The number of hydrogen-bond acceptors (Lipinski definition) is 7. The summed E-state index contributed by atoms with van der Waals surface area (Å²) >= 11 is 7.43. The third-order valence-corrected chi connectivity index (χ3v) is 5.11. The molecule has 1 heterocycles. The summed E-state index contributed by atoms with van der Waals surface area (Å²) in [7, 11) is 1.44. The first-order valence-electron chi connectivity index (χ1n) is 8.89. The molecule has 2 aromatic rings. The van der Waals surface area contributed by atoms with E-state index in [-0.39, 0.29) is 22.3 Å². The molecule has 7 nitrogen and oxygen atoms in total. The number of hydrogen-bond donors (Lipinski definition) is 1. The Morgan fingerprint density at radius 3 is 2.62 bits per heavy atom. The maximum atomic E-state index is 12.3. The number of rotatable bonds is 10. The molecule has 0 aliphatic rings. The highest BCUT2D eigenvalue weighted by molar-refractivity contribution is 7.14. The molecular formula is C20H22ClNO6S. The van der Waals surface area contributed by atoms with Crippen LogP contribution in [0, 0.1) is 0 Å². The lowest BCUT2D eigenvalue weighted by Gasteiger charge is -2.13. The second-order valence-corrected chi connectivity index (χ2v) is 7.59. The van der Waals surface area contributed by atoms with Gasteiger partial charge in [-0.15, -0.1) is 11.3 Å². The van der Waals surface area contributed by atoms with Gasteiger partial charge in [0, 0.05) is 11.8 Å². The van der Waals surface area contributed by atoms with Crippen LogP contribution < -0.4 is 14.8 Å². The summed E-state index contributed by atoms with van der Waals surface area (Å²) in [5, 5.41) is 2.88. The summed E-state index contributed by atoms with van der Waals surface area (Å²) in [5.74, 6) is -0.520. The maximum Gasteiger partial charge on any atom is 0.338 e. The van der Waals surface area contributed by atoms with E-state index in [4.69, 9.17) is 25.8 Å². The SMILES string of the molecule is CCCOc1c(Cl)cc(C(=O)OCC(=O)c2ccc(CNC(C)=O)s2)cc1OC. The number of thiophene rings is 1. The highest BCUT2D eigenvalue weighted by Gasteiger charge is 2.18. The molecular weight excluding hydrogens is 418 g/mol. The summed E-state index contributed by atoms with van der Waals surface area (Å²) < 4.78 is 15.9. The Kier molecular flexibility index (Phi) is 8.48. The van der Waals surface area contributed by atoms with Gasteiger partial charge in [-0.05, 0) is 30.7 Å². The zero-order valence-corrected chi connectivity index (χ0v) is 17.9. The van der Waals surface area contributed by atoms with Gasteiger partial charge in [0.05, 0.1) is 35.7 Å². The van der Waals surface area contributed by atoms with Gasteiger partial charge in [-0.2, -0.15) is 0 Å². The zero-order valence-electron chi connectivity index (χ0n) is 16.4. The van der Waals surface area contributed by atoms with Gasteiger partial charge in [0.15, 0.2) is 18.1 Å². The second-order valence-electron chi connectivity index (χ2n) is 6.01. The number of methoxy groups -OCH3 is 1. The Morgan fingerprint density at radius 1 is 1.21 bits per heavy atom. The number of esters is 1. The molecule has 1 aromatic heterocycles. The molecule has 0 fully saturated rings. The van der Waals surface area contributed by atoms with Gasteiger partial charge in [0.1, 0.15) is 0 Å². The number of Topliss-reactive ketones (excluding diaryl/α,β-unsaturated/α-hetero) is 1. The minimum absolute atomic E-state index is 0.152.